The second-order valence-corrected chi connectivity index (χ2v) is 8.77. The van der Waals surface area contributed by atoms with Gasteiger partial charge in [0.15, 0.2) is 0 Å². The summed E-state index contributed by atoms with van der Waals surface area (Å²) in [5.41, 5.74) is 5.63. The predicted octanol–water partition coefficient (Wildman–Crippen LogP) is 2.98. The van der Waals surface area contributed by atoms with Crippen molar-refractivity contribution in [2.45, 2.75) is 70.8 Å². The van der Waals surface area contributed by atoms with Gasteiger partial charge in [0.25, 0.3) is 5.91 Å². The van der Waals surface area contributed by atoms with E-state index in [9.17, 15) is 9.59 Å². The molecule has 30 heavy (non-hydrogen) atoms. The van der Waals surface area contributed by atoms with E-state index in [0.717, 1.165) is 57.2 Å². The van der Waals surface area contributed by atoms with Gasteiger partial charge in [0.1, 0.15) is 5.69 Å². The summed E-state index contributed by atoms with van der Waals surface area (Å²) in [5, 5.41) is 3.17. The lowest BCUT2D eigenvalue weighted by Gasteiger charge is -2.26. The van der Waals surface area contributed by atoms with E-state index < -0.39 is 0 Å². The average Bonchev–Trinajstić information content (AvgIpc) is 3.00. The fourth-order valence-corrected chi connectivity index (χ4v) is 4.74. The number of aromatic nitrogens is 1. The third kappa shape index (κ3) is 5.09. The van der Waals surface area contributed by atoms with Crippen molar-refractivity contribution in [3.8, 4) is 0 Å². The van der Waals surface area contributed by atoms with Crippen LogP contribution in [0.1, 0.15) is 72.8 Å². The number of hydrogen-bond acceptors (Lipinski definition) is 4. The maximum absolute atomic E-state index is 13.0. The first-order valence-electron chi connectivity index (χ1n) is 11.4. The molecule has 1 aromatic heterocycles. The summed E-state index contributed by atoms with van der Waals surface area (Å²) >= 11 is 0. The highest BCUT2D eigenvalue weighted by Crippen LogP contribution is 2.27. The van der Waals surface area contributed by atoms with Crippen LogP contribution in [0, 0.1) is 0 Å². The monoisotopic (exact) mass is 411 g/mol. The van der Waals surface area contributed by atoms with Crippen LogP contribution >= 0.6 is 0 Å². The molecule has 1 N–H and O–H groups in total. The minimum Gasteiger partial charge on any atom is -0.381 e. The molecule has 6 nitrogen and oxygen atoms in total. The molecular formula is C24H33N3O3. The van der Waals surface area contributed by atoms with Gasteiger partial charge >= 0.3 is 0 Å². The molecule has 2 amide bonds. The second-order valence-electron chi connectivity index (χ2n) is 8.77. The van der Waals surface area contributed by atoms with Gasteiger partial charge in [0.05, 0.1) is 0 Å². The normalized spacial score (nSPS) is 20.2. The van der Waals surface area contributed by atoms with Gasteiger partial charge in [-0.25, -0.2) is 4.98 Å². The number of hydrogen-bond donors (Lipinski definition) is 1. The lowest BCUT2D eigenvalue weighted by atomic mass is 9.92. The highest BCUT2D eigenvalue weighted by molar-refractivity contribution is 5.92. The third-order valence-corrected chi connectivity index (χ3v) is 6.60. The van der Waals surface area contributed by atoms with Crippen molar-refractivity contribution in [1.82, 2.24) is 15.2 Å². The van der Waals surface area contributed by atoms with Crippen LogP contribution in [0.25, 0.3) is 0 Å². The summed E-state index contributed by atoms with van der Waals surface area (Å²) in [6.07, 6.45) is 11.2. The quantitative estimate of drug-likeness (QED) is 0.611. The molecular weight excluding hydrogens is 378 g/mol. The molecule has 0 unspecified atom stereocenters. The van der Waals surface area contributed by atoms with Gasteiger partial charge in [-0.3, -0.25) is 9.59 Å². The maximum Gasteiger partial charge on any atom is 0.270 e. The number of amides is 2. The number of pyridine rings is 1. The van der Waals surface area contributed by atoms with Crippen LogP contribution in [-0.4, -0.2) is 54.0 Å². The van der Waals surface area contributed by atoms with E-state index in [2.05, 4.69) is 11.4 Å². The summed E-state index contributed by atoms with van der Waals surface area (Å²) in [5.74, 6) is 0.0747. The predicted molar refractivity (Wildman–Crippen MR) is 115 cm³/mol. The summed E-state index contributed by atoms with van der Waals surface area (Å²) in [6, 6.07) is 2.20. The van der Waals surface area contributed by atoms with Gasteiger partial charge in [0, 0.05) is 45.0 Å². The number of ether oxygens (including phenoxy) is 1. The van der Waals surface area contributed by atoms with Gasteiger partial charge in [-0.1, -0.05) is 18.1 Å². The molecule has 1 saturated heterocycles. The molecule has 1 fully saturated rings. The van der Waals surface area contributed by atoms with Crippen molar-refractivity contribution in [3.63, 3.8) is 0 Å². The van der Waals surface area contributed by atoms with Crippen LogP contribution in [0.2, 0.25) is 0 Å². The zero-order chi connectivity index (χ0) is 20.9. The first-order chi connectivity index (χ1) is 14.6. The Hall–Kier alpha value is -2.21. The van der Waals surface area contributed by atoms with E-state index in [1.54, 1.807) is 6.92 Å². The summed E-state index contributed by atoms with van der Waals surface area (Å²) in [6.45, 7) is 4.52. The van der Waals surface area contributed by atoms with Crippen LogP contribution in [-0.2, 0) is 28.8 Å². The van der Waals surface area contributed by atoms with Gasteiger partial charge < -0.3 is 15.0 Å². The summed E-state index contributed by atoms with van der Waals surface area (Å²) in [4.78, 5) is 31.3. The fourth-order valence-electron chi connectivity index (χ4n) is 4.74. The number of fused-ring (bicyclic) bond motifs is 1. The first kappa shape index (κ1) is 21.0. The molecule has 3 aliphatic rings. The molecule has 0 spiro atoms. The van der Waals surface area contributed by atoms with E-state index in [1.165, 1.54) is 29.5 Å². The Morgan fingerprint density at radius 3 is 2.70 bits per heavy atom. The van der Waals surface area contributed by atoms with E-state index in [0.29, 0.717) is 25.5 Å². The third-order valence-electron chi connectivity index (χ3n) is 6.60. The smallest absolute Gasteiger partial charge is 0.270 e. The molecule has 3 heterocycles. The Labute approximate surface area is 179 Å². The van der Waals surface area contributed by atoms with E-state index >= 15 is 0 Å². The average molecular weight is 412 g/mol. The number of carbonyl (C=O) groups excluding carboxylic acids is 2. The Bertz CT molecular complexity index is 827. The molecule has 0 bridgehead atoms. The van der Waals surface area contributed by atoms with Crippen molar-refractivity contribution in [2.24, 2.45) is 0 Å². The van der Waals surface area contributed by atoms with Gasteiger partial charge in [-0.2, -0.15) is 0 Å². The Kier molecular flexibility index (Phi) is 6.82. The number of carbonyl (C=O) groups is 2. The van der Waals surface area contributed by atoms with Crippen LogP contribution in [0.4, 0.5) is 0 Å². The van der Waals surface area contributed by atoms with Crippen molar-refractivity contribution in [2.75, 3.05) is 26.3 Å². The van der Waals surface area contributed by atoms with Crippen molar-refractivity contribution in [3.05, 3.63) is 40.2 Å². The van der Waals surface area contributed by atoms with Gasteiger partial charge in [-0.15, -0.1) is 0 Å². The minimum absolute atomic E-state index is 0.0597. The number of nitrogens with one attached hydrogen (secondary N) is 1. The molecule has 0 radical (unpaired) electrons. The molecule has 1 aromatic rings. The topological polar surface area (TPSA) is 71.5 Å². The van der Waals surface area contributed by atoms with Crippen molar-refractivity contribution < 1.29 is 14.3 Å². The van der Waals surface area contributed by atoms with Crippen LogP contribution < -0.4 is 5.32 Å². The SMILES string of the molecule is CC(=O)N1CC=C(Cc2cc(C(=O)NC3CCOCC3)nc3c2CCCCC3)CC1. The van der Waals surface area contributed by atoms with E-state index in [4.69, 9.17) is 9.72 Å². The number of nitrogens with zero attached hydrogens (tertiary/aromatic N) is 2. The zero-order valence-electron chi connectivity index (χ0n) is 18.0. The molecule has 2 aliphatic heterocycles. The van der Waals surface area contributed by atoms with E-state index in [-0.39, 0.29) is 17.9 Å². The highest BCUT2D eigenvalue weighted by atomic mass is 16.5. The van der Waals surface area contributed by atoms with Gasteiger partial charge in [0.2, 0.25) is 5.91 Å². The van der Waals surface area contributed by atoms with Crippen LogP contribution in [0.5, 0.6) is 0 Å². The first-order valence-corrected chi connectivity index (χ1v) is 11.4. The molecule has 1 aliphatic carbocycles. The fraction of sp³-hybridized carbons (Fsp3) is 0.625. The Morgan fingerprint density at radius 2 is 1.97 bits per heavy atom. The second kappa shape index (κ2) is 9.73. The van der Waals surface area contributed by atoms with Gasteiger partial charge in [-0.05, 0) is 68.6 Å². The van der Waals surface area contributed by atoms with Crippen molar-refractivity contribution in [1.29, 1.82) is 0 Å². The molecule has 4 rings (SSSR count). The maximum atomic E-state index is 13.0. The lowest BCUT2D eigenvalue weighted by Crippen LogP contribution is -2.39. The Morgan fingerprint density at radius 1 is 1.17 bits per heavy atom. The van der Waals surface area contributed by atoms with Crippen LogP contribution in [0.15, 0.2) is 17.7 Å². The molecule has 0 atom stereocenters. The molecule has 162 valence electrons. The minimum atomic E-state index is -0.0597. The standard InChI is InChI=1S/C24H33N3O3/c1-17(28)27-11-7-18(8-12-27)15-19-16-23(24(29)25-20-9-13-30-14-10-20)26-22-6-4-2-3-5-21(19)22/h7,16,20H,2-6,8-15H2,1H3,(H,25,29). The van der Waals surface area contributed by atoms with Crippen LogP contribution in [0.3, 0.4) is 0 Å². The zero-order valence-corrected chi connectivity index (χ0v) is 18.0. The molecule has 0 saturated carbocycles. The summed E-state index contributed by atoms with van der Waals surface area (Å²) < 4.78 is 5.40. The molecule has 6 heteroatoms. The van der Waals surface area contributed by atoms with E-state index in [1.807, 2.05) is 11.0 Å². The molecule has 0 aromatic carbocycles. The highest BCUT2D eigenvalue weighted by Gasteiger charge is 2.22. The number of aryl methyl sites for hydroxylation is 1. The van der Waals surface area contributed by atoms with Crippen molar-refractivity contribution >= 4 is 11.8 Å². The summed E-state index contributed by atoms with van der Waals surface area (Å²) in [7, 11) is 0. The Balaban J connectivity index is 1.56. The lowest BCUT2D eigenvalue weighted by molar-refractivity contribution is -0.128. The largest absolute Gasteiger partial charge is 0.381 e. The number of rotatable bonds is 4.